The van der Waals surface area contributed by atoms with Gasteiger partial charge in [0.15, 0.2) is 0 Å². The lowest BCUT2D eigenvalue weighted by atomic mass is 9.86. The highest BCUT2D eigenvalue weighted by Crippen LogP contribution is 2.30. The molecule has 2 aromatic rings. The highest BCUT2D eigenvalue weighted by molar-refractivity contribution is 5.85. The van der Waals surface area contributed by atoms with Crippen molar-refractivity contribution in [1.29, 1.82) is 0 Å². The summed E-state index contributed by atoms with van der Waals surface area (Å²) < 4.78 is 10.8. The molecule has 3 nitrogen and oxygen atoms in total. The molecule has 1 fully saturated rings. The third kappa shape index (κ3) is 2.48. The lowest BCUT2D eigenvalue weighted by Gasteiger charge is -2.23. The van der Waals surface area contributed by atoms with E-state index in [1.807, 2.05) is 36.4 Å². The number of hydrogen-bond donors (Lipinski definition) is 0. The predicted molar refractivity (Wildman–Crippen MR) is 77.6 cm³/mol. The molecule has 1 aliphatic rings. The third-order valence-electron chi connectivity index (χ3n) is 3.96. The van der Waals surface area contributed by atoms with Gasteiger partial charge in [0, 0.05) is 5.56 Å². The summed E-state index contributed by atoms with van der Waals surface area (Å²) in [7, 11) is 1.64. The molecule has 1 saturated carbocycles. The zero-order valence-electron chi connectivity index (χ0n) is 11.6. The summed E-state index contributed by atoms with van der Waals surface area (Å²) in [6.07, 6.45) is 3.07. The number of esters is 1. The summed E-state index contributed by atoms with van der Waals surface area (Å²) >= 11 is 0. The fourth-order valence-electron chi connectivity index (χ4n) is 2.48. The van der Waals surface area contributed by atoms with E-state index in [-0.39, 0.29) is 18.5 Å². The van der Waals surface area contributed by atoms with E-state index in [0.29, 0.717) is 0 Å². The van der Waals surface area contributed by atoms with Crippen molar-refractivity contribution in [3.8, 4) is 5.75 Å². The molecule has 20 heavy (non-hydrogen) atoms. The molecular formula is C17H18O3. The Morgan fingerprint density at radius 3 is 2.50 bits per heavy atom. The number of rotatable bonds is 4. The zero-order chi connectivity index (χ0) is 13.9. The van der Waals surface area contributed by atoms with Crippen molar-refractivity contribution in [2.24, 2.45) is 5.92 Å². The van der Waals surface area contributed by atoms with E-state index in [1.165, 1.54) is 0 Å². The van der Waals surface area contributed by atoms with Crippen molar-refractivity contribution in [3.05, 3.63) is 42.0 Å². The van der Waals surface area contributed by atoms with E-state index in [4.69, 9.17) is 9.47 Å². The molecule has 3 heteroatoms. The number of carbonyl (C=O) groups excluding carboxylic acids is 1. The SMILES string of the molecule is COc1cc2ccccc2cc1COC(=O)C1CCC1. The highest BCUT2D eigenvalue weighted by atomic mass is 16.5. The van der Waals surface area contributed by atoms with E-state index in [1.54, 1.807) is 7.11 Å². The normalized spacial score (nSPS) is 14.8. The second kappa shape index (κ2) is 5.53. The number of carbonyl (C=O) groups is 1. The molecule has 0 N–H and O–H groups in total. The summed E-state index contributed by atoms with van der Waals surface area (Å²) in [6, 6.07) is 12.1. The molecule has 0 atom stereocenters. The first-order valence-corrected chi connectivity index (χ1v) is 7.00. The number of benzene rings is 2. The van der Waals surface area contributed by atoms with Crippen molar-refractivity contribution < 1.29 is 14.3 Å². The molecule has 0 amide bonds. The summed E-state index contributed by atoms with van der Waals surface area (Å²) in [5.41, 5.74) is 0.916. The van der Waals surface area contributed by atoms with Crippen molar-refractivity contribution >= 4 is 16.7 Å². The summed E-state index contributed by atoms with van der Waals surface area (Å²) in [4.78, 5) is 11.8. The van der Waals surface area contributed by atoms with Crippen LogP contribution in [-0.4, -0.2) is 13.1 Å². The van der Waals surface area contributed by atoms with Gasteiger partial charge in [-0.1, -0.05) is 30.7 Å². The van der Waals surface area contributed by atoms with Crippen LogP contribution in [0.15, 0.2) is 36.4 Å². The maximum atomic E-state index is 11.8. The Kier molecular flexibility index (Phi) is 3.59. The minimum atomic E-state index is -0.0774. The molecule has 0 radical (unpaired) electrons. The van der Waals surface area contributed by atoms with Crippen LogP contribution < -0.4 is 4.74 Å². The van der Waals surface area contributed by atoms with E-state index >= 15 is 0 Å². The maximum absolute atomic E-state index is 11.8. The van der Waals surface area contributed by atoms with Gasteiger partial charge in [-0.3, -0.25) is 4.79 Å². The first-order chi connectivity index (χ1) is 9.78. The molecule has 0 aromatic heterocycles. The van der Waals surface area contributed by atoms with E-state index in [2.05, 4.69) is 0 Å². The van der Waals surface area contributed by atoms with Crippen LogP contribution in [-0.2, 0) is 16.1 Å². The molecule has 0 heterocycles. The summed E-state index contributed by atoms with van der Waals surface area (Å²) in [6.45, 7) is 0.281. The van der Waals surface area contributed by atoms with Gasteiger partial charge in [-0.05, 0) is 35.7 Å². The van der Waals surface area contributed by atoms with Crippen LogP contribution in [0.2, 0.25) is 0 Å². The fraction of sp³-hybridized carbons (Fsp3) is 0.353. The Morgan fingerprint density at radius 2 is 1.90 bits per heavy atom. The number of fused-ring (bicyclic) bond motifs is 1. The minimum absolute atomic E-state index is 0.0774. The Bertz CT molecular complexity index is 629. The lowest BCUT2D eigenvalue weighted by molar-refractivity contribution is -0.152. The summed E-state index contributed by atoms with van der Waals surface area (Å²) in [5, 5.41) is 2.25. The standard InChI is InChI=1S/C17H18O3/c1-19-16-10-14-6-3-2-5-13(14)9-15(16)11-20-17(18)12-7-4-8-12/h2-3,5-6,9-10,12H,4,7-8,11H2,1H3. The molecule has 0 bridgehead atoms. The molecule has 0 saturated heterocycles. The van der Waals surface area contributed by atoms with Crippen LogP contribution in [0.25, 0.3) is 10.8 Å². The fourth-order valence-corrected chi connectivity index (χ4v) is 2.48. The lowest BCUT2D eigenvalue weighted by Crippen LogP contribution is -2.24. The van der Waals surface area contributed by atoms with Crippen LogP contribution >= 0.6 is 0 Å². The predicted octanol–water partition coefficient (Wildman–Crippen LogP) is 3.69. The van der Waals surface area contributed by atoms with Gasteiger partial charge in [0.2, 0.25) is 0 Å². The van der Waals surface area contributed by atoms with Gasteiger partial charge in [0.1, 0.15) is 12.4 Å². The molecule has 2 aromatic carbocycles. The number of ether oxygens (including phenoxy) is 2. The van der Waals surface area contributed by atoms with Gasteiger partial charge >= 0.3 is 5.97 Å². The second-order valence-electron chi connectivity index (χ2n) is 5.25. The van der Waals surface area contributed by atoms with Crippen LogP contribution in [0.1, 0.15) is 24.8 Å². The van der Waals surface area contributed by atoms with Gasteiger partial charge in [-0.15, -0.1) is 0 Å². The first kappa shape index (κ1) is 13.0. The maximum Gasteiger partial charge on any atom is 0.309 e. The van der Waals surface area contributed by atoms with E-state index in [9.17, 15) is 4.79 Å². The molecule has 104 valence electrons. The van der Waals surface area contributed by atoms with Crippen LogP contribution in [0.3, 0.4) is 0 Å². The van der Waals surface area contributed by atoms with Gasteiger partial charge in [0.05, 0.1) is 13.0 Å². The van der Waals surface area contributed by atoms with Crippen molar-refractivity contribution in [1.82, 2.24) is 0 Å². The average Bonchev–Trinajstić information content (AvgIpc) is 2.42. The molecule has 0 spiro atoms. The van der Waals surface area contributed by atoms with E-state index < -0.39 is 0 Å². The highest BCUT2D eigenvalue weighted by Gasteiger charge is 2.26. The van der Waals surface area contributed by atoms with Gasteiger partial charge in [-0.2, -0.15) is 0 Å². The Labute approximate surface area is 118 Å². The largest absolute Gasteiger partial charge is 0.496 e. The van der Waals surface area contributed by atoms with Crippen molar-refractivity contribution in [3.63, 3.8) is 0 Å². The van der Waals surface area contributed by atoms with Gasteiger partial charge < -0.3 is 9.47 Å². The molecule has 0 aliphatic heterocycles. The number of hydrogen-bond acceptors (Lipinski definition) is 3. The van der Waals surface area contributed by atoms with E-state index in [0.717, 1.165) is 41.3 Å². The Morgan fingerprint density at radius 1 is 1.20 bits per heavy atom. The van der Waals surface area contributed by atoms with Gasteiger partial charge in [-0.25, -0.2) is 0 Å². The quantitative estimate of drug-likeness (QED) is 0.795. The molecule has 0 unspecified atom stereocenters. The van der Waals surface area contributed by atoms with Crippen molar-refractivity contribution in [2.75, 3.05) is 7.11 Å². The second-order valence-corrected chi connectivity index (χ2v) is 5.25. The minimum Gasteiger partial charge on any atom is -0.496 e. The topological polar surface area (TPSA) is 35.5 Å². The summed E-state index contributed by atoms with van der Waals surface area (Å²) in [5.74, 6) is 0.804. The van der Waals surface area contributed by atoms with Gasteiger partial charge in [0.25, 0.3) is 0 Å². The van der Waals surface area contributed by atoms with Crippen LogP contribution in [0.4, 0.5) is 0 Å². The third-order valence-corrected chi connectivity index (χ3v) is 3.96. The van der Waals surface area contributed by atoms with Crippen LogP contribution in [0, 0.1) is 5.92 Å². The zero-order valence-corrected chi connectivity index (χ0v) is 11.6. The molecule has 3 rings (SSSR count). The molecular weight excluding hydrogens is 252 g/mol. The Balaban J connectivity index is 1.80. The average molecular weight is 270 g/mol. The Hall–Kier alpha value is -2.03. The monoisotopic (exact) mass is 270 g/mol. The van der Waals surface area contributed by atoms with Crippen LogP contribution in [0.5, 0.6) is 5.75 Å². The number of methoxy groups -OCH3 is 1. The smallest absolute Gasteiger partial charge is 0.309 e. The molecule has 1 aliphatic carbocycles. The first-order valence-electron chi connectivity index (χ1n) is 7.00. The van der Waals surface area contributed by atoms with Crippen molar-refractivity contribution in [2.45, 2.75) is 25.9 Å².